The number of methoxy groups -OCH3 is 1. The van der Waals surface area contributed by atoms with E-state index in [0.29, 0.717) is 31.6 Å². The van der Waals surface area contributed by atoms with Gasteiger partial charge < -0.3 is 14.1 Å². The Morgan fingerprint density at radius 2 is 1.83 bits per heavy atom. The monoisotopic (exact) mass is 432 g/mol. The van der Waals surface area contributed by atoms with Gasteiger partial charge in [-0.05, 0) is 37.3 Å². The molecule has 2 aromatic rings. The van der Waals surface area contributed by atoms with Gasteiger partial charge in [0.2, 0.25) is 10.0 Å². The van der Waals surface area contributed by atoms with Crippen LogP contribution in [-0.2, 0) is 26.0 Å². The Kier molecular flexibility index (Phi) is 5.42. The number of fused-ring (bicyclic) bond motifs is 1. The lowest BCUT2D eigenvalue weighted by molar-refractivity contribution is -0.146. The highest BCUT2D eigenvalue weighted by molar-refractivity contribution is 7.89. The van der Waals surface area contributed by atoms with Gasteiger partial charge in [0.05, 0.1) is 7.11 Å². The fraction of sp³-hybridized carbons (Fsp3) is 0.429. The van der Waals surface area contributed by atoms with Crippen LogP contribution >= 0.6 is 0 Å². The second kappa shape index (κ2) is 7.88. The average molecular weight is 432 g/mol. The van der Waals surface area contributed by atoms with Crippen molar-refractivity contribution in [3.63, 3.8) is 0 Å². The number of benzene rings is 1. The highest BCUT2D eigenvalue weighted by Crippen LogP contribution is 2.33. The number of ether oxygens (including phenoxy) is 1. The van der Waals surface area contributed by atoms with Crippen molar-refractivity contribution in [2.75, 3.05) is 26.7 Å². The number of sulfonamides is 1. The molecule has 4 rings (SSSR count). The number of aryl methyl sites for hydroxylation is 1. The third kappa shape index (κ3) is 3.41. The van der Waals surface area contributed by atoms with Crippen molar-refractivity contribution < 1.29 is 27.2 Å². The van der Waals surface area contributed by atoms with Crippen molar-refractivity contribution in [1.82, 2.24) is 9.21 Å². The minimum Gasteiger partial charge on any atom is -0.467 e. The van der Waals surface area contributed by atoms with Crippen LogP contribution in [0.4, 0.5) is 0 Å². The van der Waals surface area contributed by atoms with Crippen LogP contribution in [0.2, 0.25) is 0 Å². The molecular formula is C21H24N2O6S. The fourth-order valence-corrected chi connectivity index (χ4v) is 5.87. The summed E-state index contributed by atoms with van der Waals surface area (Å²) < 4.78 is 37.8. The van der Waals surface area contributed by atoms with E-state index in [1.807, 2.05) is 12.1 Å². The summed E-state index contributed by atoms with van der Waals surface area (Å²) in [5.41, 5.74) is 1.68. The SMILES string of the molecule is COC(=O)[C@H]1c2ccccc2CCN1C(=O)c1cc(S(=O)(=O)N2CCCC2)c(C)o1. The molecule has 0 N–H and O–H groups in total. The highest BCUT2D eigenvalue weighted by atomic mass is 32.2. The fourth-order valence-electron chi connectivity index (χ4n) is 4.19. The number of rotatable bonds is 4. The second-order valence-electron chi connectivity index (χ2n) is 7.52. The first kappa shape index (κ1) is 20.6. The average Bonchev–Trinajstić information content (AvgIpc) is 3.42. The third-order valence-corrected chi connectivity index (χ3v) is 7.74. The van der Waals surface area contributed by atoms with E-state index < -0.39 is 27.9 Å². The minimum atomic E-state index is -3.72. The molecule has 1 saturated heterocycles. The molecule has 0 bridgehead atoms. The summed E-state index contributed by atoms with van der Waals surface area (Å²) in [6.45, 7) is 2.75. The zero-order valence-corrected chi connectivity index (χ0v) is 17.8. The molecule has 1 aromatic heterocycles. The van der Waals surface area contributed by atoms with Crippen LogP contribution in [0.15, 0.2) is 39.6 Å². The second-order valence-corrected chi connectivity index (χ2v) is 9.42. The smallest absolute Gasteiger partial charge is 0.333 e. The molecule has 2 aliphatic heterocycles. The standard InChI is InChI=1S/C21H24N2O6S/c1-14-18(30(26,27)22-10-5-6-11-22)13-17(29-14)20(24)23-12-9-15-7-3-4-8-16(15)19(23)21(25)28-2/h3-4,7-8,13,19H,5-6,9-12H2,1-2H3/t19-/m1/s1. The van der Waals surface area contributed by atoms with E-state index in [9.17, 15) is 18.0 Å². The van der Waals surface area contributed by atoms with E-state index in [4.69, 9.17) is 9.15 Å². The Morgan fingerprint density at radius 3 is 2.53 bits per heavy atom. The van der Waals surface area contributed by atoms with Gasteiger partial charge >= 0.3 is 5.97 Å². The Hall–Kier alpha value is -2.65. The summed E-state index contributed by atoms with van der Waals surface area (Å²) in [6, 6.07) is 7.78. The molecule has 1 amide bonds. The predicted molar refractivity (Wildman–Crippen MR) is 107 cm³/mol. The van der Waals surface area contributed by atoms with Gasteiger partial charge in [-0.15, -0.1) is 0 Å². The molecule has 0 radical (unpaired) electrons. The van der Waals surface area contributed by atoms with Crippen molar-refractivity contribution in [3.8, 4) is 0 Å². The topological polar surface area (TPSA) is 97.1 Å². The van der Waals surface area contributed by atoms with Crippen LogP contribution in [0, 0.1) is 6.92 Å². The molecule has 2 aliphatic rings. The Balaban J connectivity index is 1.68. The van der Waals surface area contributed by atoms with Crippen molar-refractivity contribution in [2.45, 2.75) is 37.1 Å². The lowest BCUT2D eigenvalue weighted by Gasteiger charge is -2.34. The first-order chi connectivity index (χ1) is 14.3. The van der Waals surface area contributed by atoms with Gasteiger partial charge in [-0.25, -0.2) is 13.2 Å². The highest BCUT2D eigenvalue weighted by Gasteiger charge is 2.39. The molecule has 8 nitrogen and oxygen atoms in total. The summed E-state index contributed by atoms with van der Waals surface area (Å²) in [6.07, 6.45) is 2.21. The number of esters is 1. The maximum Gasteiger partial charge on any atom is 0.333 e. The normalized spacial score (nSPS) is 19.5. The van der Waals surface area contributed by atoms with E-state index >= 15 is 0 Å². The van der Waals surface area contributed by atoms with E-state index in [1.165, 1.54) is 29.3 Å². The van der Waals surface area contributed by atoms with Gasteiger partial charge in [0, 0.05) is 25.7 Å². The van der Waals surface area contributed by atoms with Crippen LogP contribution in [-0.4, -0.2) is 56.2 Å². The van der Waals surface area contributed by atoms with Crippen LogP contribution < -0.4 is 0 Å². The summed E-state index contributed by atoms with van der Waals surface area (Å²) in [5.74, 6) is -1.02. The molecule has 160 valence electrons. The van der Waals surface area contributed by atoms with Crippen molar-refractivity contribution in [2.24, 2.45) is 0 Å². The quantitative estimate of drug-likeness (QED) is 0.688. The number of carbonyl (C=O) groups excluding carboxylic acids is 2. The lowest BCUT2D eigenvalue weighted by atomic mass is 9.92. The van der Waals surface area contributed by atoms with Gasteiger partial charge in [-0.1, -0.05) is 24.3 Å². The van der Waals surface area contributed by atoms with Crippen molar-refractivity contribution >= 4 is 21.9 Å². The molecule has 0 saturated carbocycles. The molecule has 3 heterocycles. The van der Waals surface area contributed by atoms with E-state index in [0.717, 1.165) is 18.4 Å². The first-order valence-corrected chi connectivity index (χ1v) is 11.4. The predicted octanol–water partition coefficient (Wildman–Crippen LogP) is 2.29. The summed E-state index contributed by atoms with van der Waals surface area (Å²) >= 11 is 0. The minimum absolute atomic E-state index is 0.000206. The van der Waals surface area contributed by atoms with E-state index in [2.05, 4.69) is 0 Å². The molecule has 0 aliphatic carbocycles. The van der Waals surface area contributed by atoms with Crippen molar-refractivity contribution in [1.29, 1.82) is 0 Å². The van der Waals surface area contributed by atoms with Crippen LogP contribution in [0.5, 0.6) is 0 Å². The largest absolute Gasteiger partial charge is 0.467 e. The first-order valence-electron chi connectivity index (χ1n) is 9.91. The number of furan rings is 1. The van der Waals surface area contributed by atoms with Crippen LogP contribution in [0.3, 0.4) is 0 Å². The summed E-state index contributed by atoms with van der Waals surface area (Å²) in [5, 5.41) is 0. The number of hydrogen-bond acceptors (Lipinski definition) is 6. The zero-order valence-electron chi connectivity index (χ0n) is 17.0. The van der Waals surface area contributed by atoms with Crippen molar-refractivity contribution in [3.05, 3.63) is 53.0 Å². The summed E-state index contributed by atoms with van der Waals surface area (Å²) in [4.78, 5) is 27.2. The molecule has 9 heteroatoms. The van der Waals surface area contributed by atoms with Gasteiger partial charge in [0.15, 0.2) is 11.8 Å². The zero-order chi connectivity index (χ0) is 21.5. The van der Waals surface area contributed by atoms with Gasteiger partial charge in [-0.2, -0.15) is 4.31 Å². The number of nitrogens with zero attached hydrogens (tertiary/aromatic N) is 2. The van der Waals surface area contributed by atoms with Crippen LogP contribution in [0.1, 0.15) is 46.3 Å². The molecule has 1 fully saturated rings. The number of carbonyl (C=O) groups is 2. The van der Waals surface area contributed by atoms with E-state index in [-0.39, 0.29) is 16.4 Å². The molecule has 0 unspecified atom stereocenters. The number of hydrogen-bond donors (Lipinski definition) is 0. The Labute approximate surface area is 175 Å². The van der Waals surface area contributed by atoms with Gasteiger partial charge in [0.25, 0.3) is 5.91 Å². The molecule has 30 heavy (non-hydrogen) atoms. The lowest BCUT2D eigenvalue weighted by Crippen LogP contribution is -2.43. The van der Waals surface area contributed by atoms with Gasteiger partial charge in [0.1, 0.15) is 10.7 Å². The molecular weight excluding hydrogens is 408 g/mol. The summed E-state index contributed by atoms with van der Waals surface area (Å²) in [7, 11) is -2.44. The molecule has 1 aromatic carbocycles. The maximum atomic E-state index is 13.3. The van der Waals surface area contributed by atoms with Crippen LogP contribution in [0.25, 0.3) is 0 Å². The molecule has 1 atom stereocenters. The third-order valence-electron chi connectivity index (χ3n) is 5.73. The maximum absolute atomic E-state index is 13.3. The number of amides is 1. The van der Waals surface area contributed by atoms with E-state index in [1.54, 1.807) is 12.1 Å². The Morgan fingerprint density at radius 1 is 1.13 bits per heavy atom. The van der Waals surface area contributed by atoms with Gasteiger partial charge in [-0.3, -0.25) is 4.79 Å². The Bertz CT molecular complexity index is 1080. The molecule has 0 spiro atoms.